The molecule has 0 aliphatic carbocycles. The molecule has 0 spiro atoms. The van der Waals surface area contributed by atoms with Crippen LogP contribution in [0.5, 0.6) is 0 Å². The fourth-order valence-electron chi connectivity index (χ4n) is 4.96. The van der Waals surface area contributed by atoms with E-state index in [1.807, 2.05) is 15.9 Å². The van der Waals surface area contributed by atoms with E-state index in [1.54, 1.807) is 6.08 Å². The SMILES string of the molecule is O=C(/C=C/c1ccc(N2CCCCCC2)cc1)N1CCN(CC(=O)N2CCCCC2)CC1. The Bertz CT molecular complexity index is 770. The van der Waals surface area contributed by atoms with E-state index in [0.717, 1.165) is 57.7 Å². The smallest absolute Gasteiger partial charge is 0.246 e. The number of likely N-dealkylation sites (tertiary alicyclic amines) is 1. The van der Waals surface area contributed by atoms with Gasteiger partial charge in [-0.05, 0) is 55.9 Å². The zero-order valence-corrected chi connectivity index (χ0v) is 19.4. The van der Waals surface area contributed by atoms with E-state index in [2.05, 4.69) is 34.1 Å². The molecule has 6 heteroatoms. The first kappa shape index (κ1) is 22.8. The summed E-state index contributed by atoms with van der Waals surface area (Å²) in [5, 5.41) is 0. The number of hydrogen-bond acceptors (Lipinski definition) is 4. The van der Waals surface area contributed by atoms with E-state index in [1.165, 1.54) is 37.8 Å². The molecule has 3 saturated heterocycles. The summed E-state index contributed by atoms with van der Waals surface area (Å²) < 4.78 is 0. The van der Waals surface area contributed by atoms with Crippen LogP contribution in [-0.2, 0) is 9.59 Å². The van der Waals surface area contributed by atoms with Crippen LogP contribution in [0.3, 0.4) is 0 Å². The fourth-order valence-corrected chi connectivity index (χ4v) is 4.96. The zero-order valence-electron chi connectivity index (χ0n) is 19.4. The van der Waals surface area contributed by atoms with E-state index in [9.17, 15) is 9.59 Å². The van der Waals surface area contributed by atoms with Crippen molar-refractivity contribution in [3.63, 3.8) is 0 Å². The maximum Gasteiger partial charge on any atom is 0.246 e. The number of anilines is 1. The maximum atomic E-state index is 12.6. The number of piperazine rings is 1. The summed E-state index contributed by atoms with van der Waals surface area (Å²) in [7, 11) is 0. The van der Waals surface area contributed by atoms with E-state index in [4.69, 9.17) is 0 Å². The van der Waals surface area contributed by atoms with E-state index in [-0.39, 0.29) is 11.8 Å². The van der Waals surface area contributed by atoms with Gasteiger partial charge in [0.25, 0.3) is 0 Å². The monoisotopic (exact) mass is 438 g/mol. The number of benzene rings is 1. The van der Waals surface area contributed by atoms with E-state index < -0.39 is 0 Å². The van der Waals surface area contributed by atoms with Crippen molar-refractivity contribution >= 4 is 23.6 Å². The average molecular weight is 439 g/mol. The number of amides is 2. The third kappa shape index (κ3) is 6.35. The summed E-state index contributed by atoms with van der Waals surface area (Å²) >= 11 is 0. The predicted molar refractivity (Wildman–Crippen MR) is 130 cm³/mol. The van der Waals surface area contributed by atoms with Crippen molar-refractivity contribution in [3.05, 3.63) is 35.9 Å². The maximum absolute atomic E-state index is 12.6. The lowest BCUT2D eigenvalue weighted by Crippen LogP contribution is -2.51. The Morgan fingerprint density at radius 1 is 0.688 bits per heavy atom. The minimum Gasteiger partial charge on any atom is -0.372 e. The first-order valence-corrected chi connectivity index (χ1v) is 12.5. The summed E-state index contributed by atoms with van der Waals surface area (Å²) in [6.07, 6.45) is 12.3. The van der Waals surface area contributed by atoms with Gasteiger partial charge in [0.2, 0.25) is 11.8 Å². The normalized spacial score (nSPS) is 21.1. The van der Waals surface area contributed by atoms with Crippen LogP contribution in [-0.4, -0.2) is 85.4 Å². The molecule has 3 heterocycles. The lowest BCUT2D eigenvalue weighted by atomic mass is 10.1. The molecule has 0 radical (unpaired) electrons. The van der Waals surface area contributed by atoms with Gasteiger partial charge in [0, 0.05) is 64.1 Å². The molecule has 3 aliphatic rings. The third-order valence-electron chi connectivity index (χ3n) is 7.03. The van der Waals surface area contributed by atoms with Crippen LogP contribution in [0.2, 0.25) is 0 Å². The van der Waals surface area contributed by atoms with Gasteiger partial charge in [-0.3, -0.25) is 14.5 Å². The Balaban J connectivity index is 1.21. The molecule has 0 unspecified atom stereocenters. The minimum atomic E-state index is 0.0589. The van der Waals surface area contributed by atoms with Crippen molar-refractivity contribution in [1.29, 1.82) is 0 Å². The number of hydrogen-bond donors (Lipinski definition) is 0. The molecule has 0 saturated carbocycles. The molecule has 2 amide bonds. The van der Waals surface area contributed by atoms with Crippen molar-refractivity contribution in [1.82, 2.24) is 14.7 Å². The summed E-state index contributed by atoms with van der Waals surface area (Å²) in [5.74, 6) is 0.302. The molecule has 32 heavy (non-hydrogen) atoms. The van der Waals surface area contributed by atoms with Crippen molar-refractivity contribution in [2.75, 3.05) is 63.8 Å². The molecule has 3 aliphatic heterocycles. The molecule has 1 aromatic carbocycles. The quantitative estimate of drug-likeness (QED) is 0.662. The molecule has 3 fully saturated rings. The Hall–Kier alpha value is -2.34. The van der Waals surface area contributed by atoms with E-state index in [0.29, 0.717) is 19.6 Å². The number of rotatable bonds is 5. The summed E-state index contributed by atoms with van der Waals surface area (Å²) in [5.41, 5.74) is 2.34. The molecular formula is C26H38N4O2. The largest absolute Gasteiger partial charge is 0.372 e. The van der Waals surface area contributed by atoms with Crippen LogP contribution in [0.1, 0.15) is 50.5 Å². The summed E-state index contributed by atoms with van der Waals surface area (Å²) in [4.78, 5) is 33.7. The van der Waals surface area contributed by atoms with E-state index >= 15 is 0 Å². The van der Waals surface area contributed by atoms with Crippen molar-refractivity contribution in [2.45, 2.75) is 44.9 Å². The summed E-state index contributed by atoms with van der Waals surface area (Å²) in [6.45, 7) is 7.48. The van der Waals surface area contributed by atoms with Gasteiger partial charge in [-0.2, -0.15) is 0 Å². The molecule has 4 rings (SSSR count). The molecule has 6 nitrogen and oxygen atoms in total. The van der Waals surface area contributed by atoms with Crippen LogP contribution < -0.4 is 4.90 Å². The minimum absolute atomic E-state index is 0.0589. The van der Waals surface area contributed by atoms with Gasteiger partial charge >= 0.3 is 0 Å². The fraction of sp³-hybridized carbons (Fsp3) is 0.615. The van der Waals surface area contributed by atoms with Crippen LogP contribution in [0.4, 0.5) is 5.69 Å². The molecule has 0 atom stereocenters. The van der Waals surface area contributed by atoms with Gasteiger partial charge in [0.1, 0.15) is 0 Å². The number of carbonyl (C=O) groups excluding carboxylic acids is 2. The first-order chi connectivity index (χ1) is 15.7. The van der Waals surface area contributed by atoms with Gasteiger partial charge in [-0.1, -0.05) is 25.0 Å². The van der Waals surface area contributed by atoms with Crippen molar-refractivity contribution < 1.29 is 9.59 Å². The highest BCUT2D eigenvalue weighted by molar-refractivity contribution is 5.92. The molecule has 0 aromatic heterocycles. The lowest BCUT2D eigenvalue weighted by molar-refractivity contribution is -0.134. The highest BCUT2D eigenvalue weighted by atomic mass is 16.2. The highest BCUT2D eigenvalue weighted by Crippen LogP contribution is 2.20. The molecule has 174 valence electrons. The standard InChI is InChI=1S/C26H38N4O2/c31-25(13-10-23-8-11-24(12-9-23)28-14-4-1-2-5-15-28)30-20-18-27(19-21-30)22-26(32)29-16-6-3-7-17-29/h8-13H,1-7,14-22H2/b13-10+. The Kier molecular flexibility index (Phi) is 8.21. The lowest BCUT2D eigenvalue weighted by Gasteiger charge is -2.35. The predicted octanol–water partition coefficient (Wildman–Crippen LogP) is 3.24. The Morgan fingerprint density at radius 2 is 1.28 bits per heavy atom. The second kappa shape index (κ2) is 11.5. The second-order valence-corrected chi connectivity index (χ2v) is 9.37. The second-order valence-electron chi connectivity index (χ2n) is 9.37. The number of piperidine rings is 1. The molecule has 0 N–H and O–H groups in total. The molecule has 1 aromatic rings. The van der Waals surface area contributed by atoms with Crippen LogP contribution in [0.15, 0.2) is 30.3 Å². The topological polar surface area (TPSA) is 47.1 Å². The average Bonchev–Trinajstić information content (AvgIpc) is 3.13. The van der Waals surface area contributed by atoms with Gasteiger partial charge in [0.15, 0.2) is 0 Å². The third-order valence-corrected chi connectivity index (χ3v) is 7.03. The number of carbonyl (C=O) groups is 2. The van der Waals surface area contributed by atoms with Crippen molar-refractivity contribution in [3.8, 4) is 0 Å². The van der Waals surface area contributed by atoms with Crippen LogP contribution in [0, 0.1) is 0 Å². The highest BCUT2D eigenvalue weighted by Gasteiger charge is 2.24. The van der Waals surface area contributed by atoms with Gasteiger partial charge in [-0.15, -0.1) is 0 Å². The van der Waals surface area contributed by atoms with Gasteiger partial charge < -0.3 is 14.7 Å². The molecular weight excluding hydrogens is 400 g/mol. The first-order valence-electron chi connectivity index (χ1n) is 12.5. The zero-order chi connectivity index (χ0) is 22.2. The number of nitrogens with zero attached hydrogens (tertiary/aromatic N) is 4. The van der Waals surface area contributed by atoms with Crippen LogP contribution >= 0.6 is 0 Å². The van der Waals surface area contributed by atoms with Crippen molar-refractivity contribution in [2.24, 2.45) is 0 Å². The molecule has 0 bridgehead atoms. The Labute approximate surface area is 192 Å². The Morgan fingerprint density at radius 3 is 1.94 bits per heavy atom. The summed E-state index contributed by atoms with van der Waals surface area (Å²) in [6, 6.07) is 8.56. The van der Waals surface area contributed by atoms with Crippen LogP contribution in [0.25, 0.3) is 6.08 Å². The van der Waals surface area contributed by atoms with Gasteiger partial charge in [-0.25, -0.2) is 0 Å². The van der Waals surface area contributed by atoms with Gasteiger partial charge in [0.05, 0.1) is 6.54 Å².